The van der Waals surface area contributed by atoms with Gasteiger partial charge >= 0.3 is 0 Å². The van der Waals surface area contributed by atoms with Crippen LogP contribution in [-0.2, 0) is 0 Å². The van der Waals surface area contributed by atoms with Crippen LogP contribution >= 0.6 is 11.6 Å². The van der Waals surface area contributed by atoms with Gasteiger partial charge in [0.05, 0.1) is 16.8 Å². The van der Waals surface area contributed by atoms with Crippen molar-refractivity contribution in [1.82, 2.24) is 20.1 Å². The van der Waals surface area contributed by atoms with Crippen LogP contribution in [0.1, 0.15) is 35.2 Å². The number of nitrogens with one attached hydrogen (secondary N) is 1. The molecule has 0 aliphatic heterocycles. The van der Waals surface area contributed by atoms with Crippen molar-refractivity contribution in [2.75, 3.05) is 6.54 Å². The summed E-state index contributed by atoms with van der Waals surface area (Å²) in [6.45, 7) is 5.83. The van der Waals surface area contributed by atoms with E-state index in [1.807, 2.05) is 19.9 Å². The number of aliphatic hydroxyl groups is 1. The number of aryl methyl sites for hydroxylation is 2. The molecule has 0 bridgehead atoms. The number of aromatic nitrogens is 3. The molecule has 2 N–H and O–H groups in total. The Kier molecular flexibility index (Phi) is 5.15. The molecule has 0 aromatic carbocycles. The minimum absolute atomic E-state index is 0.150. The highest BCUT2D eigenvalue weighted by molar-refractivity contribution is 6.33. The molecule has 7 heteroatoms. The zero-order chi connectivity index (χ0) is 16.3. The van der Waals surface area contributed by atoms with E-state index in [9.17, 15) is 9.90 Å². The molecule has 118 valence electrons. The highest BCUT2D eigenvalue weighted by Crippen LogP contribution is 2.17. The zero-order valence-electron chi connectivity index (χ0n) is 12.8. The summed E-state index contributed by atoms with van der Waals surface area (Å²) in [5, 5.41) is 16.5. The van der Waals surface area contributed by atoms with E-state index in [0.29, 0.717) is 18.8 Å². The third-order valence-corrected chi connectivity index (χ3v) is 3.43. The lowest BCUT2D eigenvalue weighted by Crippen LogP contribution is -2.28. The summed E-state index contributed by atoms with van der Waals surface area (Å²) < 4.78 is 1.66. The Balaban J connectivity index is 2.23. The van der Waals surface area contributed by atoms with Crippen LogP contribution in [0.5, 0.6) is 0 Å². The maximum absolute atomic E-state index is 12.2. The maximum atomic E-state index is 12.2. The number of carbonyl (C=O) groups excluding carboxylic acids is 1. The summed E-state index contributed by atoms with van der Waals surface area (Å²) in [5.41, 5.74) is 1.95. The van der Waals surface area contributed by atoms with Crippen molar-refractivity contribution in [2.45, 2.75) is 33.3 Å². The van der Waals surface area contributed by atoms with Gasteiger partial charge in [0.2, 0.25) is 0 Å². The number of rotatable bonds is 5. The SMILES string of the molecule is Cc1cc(C)n(-c2ccc(Cl)c(C(=O)NCCC(C)O)n2)n1. The Bertz CT molecular complexity index is 682. The summed E-state index contributed by atoms with van der Waals surface area (Å²) in [6, 6.07) is 5.27. The van der Waals surface area contributed by atoms with Crippen LogP contribution in [0.15, 0.2) is 18.2 Å². The Morgan fingerprint density at radius 2 is 2.18 bits per heavy atom. The quantitative estimate of drug-likeness (QED) is 0.882. The first kappa shape index (κ1) is 16.5. The number of pyridine rings is 1. The van der Waals surface area contributed by atoms with E-state index < -0.39 is 6.10 Å². The summed E-state index contributed by atoms with van der Waals surface area (Å²) in [4.78, 5) is 16.5. The highest BCUT2D eigenvalue weighted by Gasteiger charge is 2.15. The van der Waals surface area contributed by atoms with Gasteiger partial charge in [0.25, 0.3) is 5.91 Å². The van der Waals surface area contributed by atoms with Crippen molar-refractivity contribution >= 4 is 17.5 Å². The number of hydrogen-bond donors (Lipinski definition) is 2. The van der Waals surface area contributed by atoms with Gasteiger partial charge in [0, 0.05) is 12.2 Å². The number of carbonyl (C=O) groups is 1. The van der Waals surface area contributed by atoms with Gasteiger partial charge < -0.3 is 10.4 Å². The van der Waals surface area contributed by atoms with Crippen LogP contribution in [0, 0.1) is 13.8 Å². The molecule has 1 atom stereocenters. The number of nitrogens with zero attached hydrogens (tertiary/aromatic N) is 3. The van der Waals surface area contributed by atoms with Gasteiger partial charge in [-0.3, -0.25) is 4.79 Å². The second-order valence-corrected chi connectivity index (χ2v) is 5.64. The van der Waals surface area contributed by atoms with E-state index in [4.69, 9.17) is 11.6 Å². The Hall–Kier alpha value is -1.92. The number of halogens is 1. The van der Waals surface area contributed by atoms with Crippen molar-refractivity contribution in [2.24, 2.45) is 0 Å². The minimum Gasteiger partial charge on any atom is -0.393 e. The molecule has 1 unspecified atom stereocenters. The average Bonchev–Trinajstić information content (AvgIpc) is 2.77. The fraction of sp³-hybridized carbons (Fsp3) is 0.400. The van der Waals surface area contributed by atoms with E-state index in [1.54, 1.807) is 23.7 Å². The van der Waals surface area contributed by atoms with Crippen LogP contribution in [0.4, 0.5) is 0 Å². The van der Waals surface area contributed by atoms with Gasteiger partial charge in [-0.15, -0.1) is 0 Å². The molecule has 0 aliphatic rings. The first-order valence-electron chi connectivity index (χ1n) is 7.05. The Morgan fingerprint density at radius 3 is 2.77 bits per heavy atom. The second kappa shape index (κ2) is 6.89. The minimum atomic E-state index is -0.468. The van der Waals surface area contributed by atoms with Crippen molar-refractivity contribution in [1.29, 1.82) is 0 Å². The van der Waals surface area contributed by atoms with Crippen LogP contribution in [-0.4, -0.2) is 38.4 Å². The topological polar surface area (TPSA) is 80.0 Å². The van der Waals surface area contributed by atoms with Crippen LogP contribution in [0.25, 0.3) is 5.82 Å². The van der Waals surface area contributed by atoms with Gasteiger partial charge in [-0.25, -0.2) is 9.67 Å². The smallest absolute Gasteiger partial charge is 0.271 e. The fourth-order valence-electron chi connectivity index (χ4n) is 2.05. The van der Waals surface area contributed by atoms with Gasteiger partial charge in [0.15, 0.2) is 5.82 Å². The van der Waals surface area contributed by atoms with Crippen molar-refractivity contribution in [3.05, 3.63) is 40.3 Å². The summed E-state index contributed by atoms with van der Waals surface area (Å²) >= 11 is 6.06. The Labute approximate surface area is 134 Å². The van der Waals surface area contributed by atoms with Crippen molar-refractivity contribution < 1.29 is 9.90 Å². The van der Waals surface area contributed by atoms with Crippen LogP contribution < -0.4 is 5.32 Å². The lowest BCUT2D eigenvalue weighted by atomic mass is 10.2. The summed E-state index contributed by atoms with van der Waals surface area (Å²) in [7, 11) is 0. The van der Waals surface area contributed by atoms with Gasteiger partial charge in [-0.2, -0.15) is 5.10 Å². The number of aliphatic hydroxyl groups excluding tert-OH is 1. The predicted octanol–water partition coefficient (Wildman–Crippen LogP) is 2.04. The molecule has 0 aliphatic carbocycles. The molecule has 0 spiro atoms. The molecule has 0 fully saturated rings. The third-order valence-electron chi connectivity index (χ3n) is 3.12. The first-order valence-corrected chi connectivity index (χ1v) is 7.42. The molecule has 2 aromatic rings. The van der Waals surface area contributed by atoms with Crippen molar-refractivity contribution in [3.8, 4) is 5.82 Å². The molecule has 0 radical (unpaired) electrons. The number of amides is 1. The van der Waals surface area contributed by atoms with Gasteiger partial charge in [-0.05, 0) is 45.4 Å². The average molecular weight is 323 g/mol. The number of hydrogen-bond acceptors (Lipinski definition) is 4. The first-order chi connectivity index (χ1) is 10.4. The molecule has 6 nitrogen and oxygen atoms in total. The van der Waals surface area contributed by atoms with E-state index in [0.717, 1.165) is 11.4 Å². The predicted molar refractivity (Wildman–Crippen MR) is 84.5 cm³/mol. The normalized spacial score (nSPS) is 12.2. The lowest BCUT2D eigenvalue weighted by Gasteiger charge is -2.09. The van der Waals surface area contributed by atoms with Gasteiger partial charge in [-0.1, -0.05) is 11.6 Å². The molecular weight excluding hydrogens is 304 g/mol. The molecule has 2 aromatic heterocycles. The zero-order valence-corrected chi connectivity index (χ0v) is 13.6. The standard InChI is InChI=1S/C15H19ClN4O2/c1-9-8-10(2)20(19-9)13-5-4-12(16)14(18-13)15(22)17-7-6-11(3)21/h4-5,8,11,21H,6-7H2,1-3H3,(H,17,22). The van der Waals surface area contributed by atoms with E-state index >= 15 is 0 Å². The monoisotopic (exact) mass is 322 g/mol. The van der Waals surface area contributed by atoms with Crippen LogP contribution in [0.2, 0.25) is 5.02 Å². The summed E-state index contributed by atoms with van der Waals surface area (Å²) in [5.74, 6) is 0.171. The van der Waals surface area contributed by atoms with E-state index in [2.05, 4.69) is 15.4 Å². The molecule has 0 saturated carbocycles. The maximum Gasteiger partial charge on any atom is 0.271 e. The molecular formula is C15H19ClN4O2. The van der Waals surface area contributed by atoms with Crippen LogP contribution in [0.3, 0.4) is 0 Å². The summed E-state index contributed by atoms with van der Waals surface area (Å²) in [6.07, 6.45) is 0.00492. The molecule has 2 rings (SSSR count). The van der Waals surface area contributed by atoms with E-state index in [1.165, 1.54) is 0 Å². The van der Waals surface area contributed by atoms with Crippen molar-refractivity contribution in [3.63, 3.8) is 0 Å². The molecule has 2 heterocycles. The molecule has 22 heavy (non-hydrogen) atoms. The molecule has 0 saturated heterocycles. The highest BCUT2D eigenvalue weighted by atomic mass is 35.5. The van der Waals surface area contributed by atoms with E-state index in [-0.39, 0.29) is 16.6 Å². The lowest BCUT2D eigenvalue weighted by molar-refractivity contribution is 0.0940. The second-order valence-electron chi connectivity index (χ2n) is 5.23. The third kappa shape index (κ3) is 3.84. The largest absolute Gasteiger partial charge is 0.393 e. The fourth-order valence-corrected chi connectivity index (χ4v) is 2.24. The Morgan fingerprint density at radius 1 is 1.45 bits per heavy atom. The molecule has 1 amide bonds. The van der Waals surface area contributed by atoms with Gasteiger partial charge in [0.1, 0.15) is 5.69 Å².